The van der Waals surface area contributed by atoms with Gasteiger partial charge < -0.3 is 24.3 Å². The molecule has 0 saturated carbocycles. The number of carbonyl (C=O) groups is 2. The zero-order valence-corrected chi connectivity index (χ0v) is 21.6. The number of sulfonamides is 1. The molecule has 0 bridgehead atoms. The minimum absolute atomic E-state index is 0.000583. The summed E-state index contributed by atoms with van der Waals surface area (Å²) in [7, 11) is -0.0653. The summed E-state index contributed by atoms with van der Waals surface area (Å²) in [5, 5.41) is 3.02. The highest BCUT2D eigenvalue weighted by atomic mass is 35.5. The fourth-order valence-corrected chi connectivity index (χ4v) is 5.38. The molecule has 1 heterocycles. The van der Waals surface area contributed by atoms with Crippen molar-refractivity contribution >= 4 is 44.9 Å². The van der Waals surface area contributed by atoms with Gasteiger partial charge in [0.1, 0.15) is 5.75 Å². The molecule has 0 radical (unpaired) electrons. The van der Waals surface area contributed by atoms with Crippen LogP contribution in [-0.2, 0) is 19.6 Å². The summed E-state index contributed by atoms with van der Waals surface area (Å²) < 4.78 is 49.4. The maximum atomic E-state index is 13.5. The van der Waals surface area contributed by atoms with E-state index in [1.54, 1.807) is 24.3 Å². The second-order valence-electron chi connectivity index (χ2n) is 7.80. The van der Waals surface area contributed by atoms with Crippen LogP contribution in [0.2, 0.25) is 5.02 Å². The number of hydrogen-bond acceptors (Lipinski definition) is 8. The number of carbonyl (C=O) groups excluding carboxylic acids is 2. The van der Waals surface area contributed by atoms with Crippen LogP contribution in [0.3, 0.4) is 0 Å². The van der Waals surface area contributed by atoms with E-state index in [4.69, 9.17) is 30.5 Å². The van der Waals surface area contributed by atoms with Crippen molar-refractivity contribution in [3.8, 4) is 17.2 Å². The average molecular weight is 547 g/mol. The molecule has 0 spiro atoms. The molecule has 4 rings (SSSR count). The van der Waals surface area contributed by atoms with Crippen molar-refractivity contribution in [2.75, 3.05) is 37.5 Å². The smallest absolute Gasteiger partial charge is 0.340 e. The van der Waals surface area contributed by atoms with E-state index in [1.165, 1.54) is 57.7 Å². The second-order valence-corrected chi connectivity index (χ2v) is 10.1. The molecule has 1 atom stereocenters. The third-order valence-electron chi connectivity index (χ3n) is 5.62. The number of fused-ring (bicyclic) bond motifs is 1. The van der Waals surface area contributed by atoms with Crippen LogP contribution in [-0.4, -0.2) is 54.3 Å². The first-order valence-corrected chi connectivity index (χ1v) is 12.7. The molecule has 1 aliphatic heterocycles. The molecule has 0 fully saturated rings. The van der Waals surface area contributed by atoms with Crippen molar-refractivity contribution < 1.29 is 37.0 Å². The van der Waals surface area contributed by atoms with E-state index in [9.17, 15) is 18.0 Å². The number of nitrogens with one attached hydrogen (secondary N) is 1. The lowest BCUT2D eigenvalue weighted by molar-refractivity contribution is -0.122. The highest BCUT2D eigenvalue weighted by Gasteiger charge is 2.38. The van der Waals surface area contributed by atoms with Gasteiger partial charge in [-0.15, -0.1) is 0 Å². The van der Waals surface area contributed by atoms with Gasteiger partial charge in [-0.05, 0) is 36.4 Å². The Hall–Kier alpha value is -3.96. The van der Waals surface area contributed by atoms with Crippen molar-refractivity contribution in [2.45, 2.75) is 11.0 Å². The van der Waals surface area contributed by atoms with Gasteiger partial charge in [0.05, 0.1) is 49.7 Å². The van der Waals surface area contributed by atoms with Gasteiger partial charge in [-0.25, -0.2) is 13.2 Å². The van der Waals surface area contributed by atoms with Gasteiger partial charge >= 0.3 is 5.97 Å². The Bertz CT molecular complexity index is 1440. The monoisotopic (exact) mass is 546 g/mol. The minimum atomic E-state index is -4.07. The highest BCUT2D eigenvalue weighted by Crippen LogP contribution is 2.38. The van der Waals surface area contributed by atoms with Crippen molar-refractivity contribution in [3.05, 3.63) is 71.2 Å². The molecule has 10 nitrogen and oxygen atoms in total. The maximum Gasteiger partial charge on any atom is 0.340 e. The minimum Gasteiger partial charge on any atom is -0.493 e. The topological polar surface area (TPSA) is 120 Å². The van der Waals surface area contributed by atoms with E-state index in [1.807, 2.05) is 0 Å². The Balaban J connectivity index is 1.70. The van der Waals surface area contributed by atoms with Crippen LogP contribution < -0.4 is 23.8 Å². The normalized spacial score (nSPS) is 14.7. The molecule has 1 amide bonds. The van der Waals surface area contributed by atoms with Crippen molar-refractivity contribution in [1.29, 1.82) is 0 Å². The first kappa shape index (κ1) is 26.1. The SMILES string of the molecule is COC(=O)c1cc(OC)c(OC)cc1NC(=O)C1CN(S(=O)(=O)c2ccc(Cl)cc2)c2ccccc2O1. The van der Waals surface area contributed by atoms with Gasteiger partial charge in [0.15, 0.2) is 17.6 Å². The van der Waals surface area contributed by atoms with Crippen LogP contribution in [0.25, 0.3) is 0 Å². The first-order valence-electron chi connectivity index (χ1n) is 10.9. The zero-order valence-electron chi connectivity index (χ0n) is 20.1. The molecule has 1 N–H and O–H groups in total. The quantitative estimate of drug-likeness (QED) is 0.445. The van der Waals surface area contributed by atoms with Crippen LogP contribution in [0.15, 0.2) is 65.6 Å². The van der Waals surface area contributed by atoms with E-state index in [-0.39, 0.29) is 45.6 Å². The van der Waals surface area contributed by atoms with Gasteiger partial charge in [-0.1, -0.05) is 23.7 Å². The number of para-hydroxylation sites is 2. The van der Waals surface area contributed by atoms with Crippen LogP contribution >= 0.6 is 11.6 Å². The van der Waals surface area contributed by atoms with Gasteiger partial charge in [0.25, 0.3) is 15.9 Å². The molecule has 1 aliphatic rings. The third-order valence-corrected chi connectivity index (χ3v) is 7.66. The van der Waals surface area contributed by atoms with E-state index in [0.29, 0.717) is 5.02 Å². The highest BCUT2D eigenvalue weighted by molar-refractivity contribution is 7.92. The Morgan fingerprint density at radius 3 is 2.30 bits per heavy atom. The zero-order chi connectivity index (χ0) is 26.7. The fraction of sp³-hybridized carbons (Fsp3) is 0.200. The standard InChI is InChI=1S/C25H23ClN2O8S/c1-33-21-12-17(25(30)35-3)18(13-22(21)34-2)27-24(29)23-14-28(19-6-4-5-7-20(19)36-23)37(31,32)16-10-8-15(26)9-11-16/h4-13,23H,14H2,1-3H3,(H,27,29). The molecule has 37 heavy (non-hydrogen) atoms. The summed E-state index contributed by atoms with van der Waals surface area (Å²) in [6.45, 7) is -0.325. The maximum absolute atomic E-state index is 13.5. The molecule has 3 aromatic carbocycles. The number of nitrogens with zero attached hydrogens (tertiary/aromatic N) is 1. The molecular formula is C25H23ClN2O8S. The summed E-state index contributed by atoms with van der Waals surface area (Å²) >= 11 is 5.93. The summed E-state index contributed by atoms with van der Waals surface area (Å²) in [6.07, 6.45) is -1.25. The van der Waals surface area contributed by atoms with Crippen LogP contribution in [0.4, 0.5) is 11.4 Å². The number of methoxy groups -OCH3 is 3. The van der Waals surface area contributed by atoms with Crippen molar-refractivity contribution in [1.82, 2.24) is 0 Å². The largest absolute Gasteiger partial charge is 0.493 e. The van der Waals surface area contributed by atoms with Crippen LogP contribution in [0.5, 0.6) is 17.2 Å². The van der Waals surface area contributed by atoms with Gasteiger partial charge in [0, 0.05) is 17.2 Å². The lowest BCUT2D eigenvalue weighted by Crippen LogP contribution is -2.48. The van der Waals surface area contributed by atoms with Crippen molar-refractivity contribution in [2.24, 2.45) is 0 Å². The molecule has 0 aromatic heterocycles. The number of hydrogen-bond donors (Lipinski definition) is 1. The van der Waals surface area contributed by atoms with Gasteiger partial charge in [0.2, 0.25) is 0 Å². The molecule has 0 aliphatic carbocycles. The second kappa shape index (κ2) is 10.6. The van der Waals surface area contributed by atoms with E-state index in [0.717, 1.165) is 4.31 Å². The van der Waals surface area contributed by atoms with Crippen LogP contribution in [0, 0.1) is 0 Å². The Kier molecular flexibility index (Phi) is 7.46. The average Bonchev–Trinajstić information content (AvgIpc) is 2.91. The summed E-state index contributed by atoms with van der Waals surface area (Å²) in [4.78, 5) is 25.7. The lowest BCUT2D eigenvalue weighted by atomic mass is 10.1. The van der Waals surface area contributed by atoms with Gasteiger partial charge in [-0.3, -0.25) is 9.10 Å². The van der Waals surface area contributed by atoms with E-state index in [2.05, 4.69) is 5.32 Å². The Morgan fingerprint density at radius 2 is 1.65 bits per heavy atom. The molecule has 194 valence electrons. The van der Waals surface area contributed by atoms with Crippen LogP contribution in [0.1, 0.15) is 10.4 Å². The Morgan fingerprint density at radius 1 is 1.00 bits per heavy atom. The summed E-state index contributed by atoms with van der Waals surface area (Å²) in [6, 6.07) is 15.0. The van der Waals surface area contributed by atoms with E-state index < -0.39 is 28.0 Å². The Labute approximate surface area is 218 Å². The predicted molar refractivity (Wildman–Crippen MR) is 136 cm³/mol. The summed E-state index contributed by atoms with van der Waals surface area (Å²) in [5.41, 5.74) is 0.363. The van der Waals surface area contributed by atoms with Crippen molar-refractivity contribution in [3.63, 3.8) is 0 Å². The molecular weight excluding hydrogens is 524 g/mol. The predicted octanol–water partition coefficient (Wildman–Crippen LogP) is 3.74. The number of esters is 1. The third kappa shape index (κ3) is 5.13. The first-order chi connectivity index (χ1) is 17.7. The lowest BCUT2D eigenvalue weighted by Gasteiger charge is -2.34. The number of amides is 1. The molecule has 1 unspecified atom stereocenters. The number of anilines is 2. The van der Waals surface area contributed by atoms with Gasteiger partial charge in [-0.2, -0.15) is 0 Å². The number of halogens is 1. The number of rotatable bonds is 7. The molecule has 3 aromatic rings. The molecule has 12 heteroatoms. The number of benzene rings is 3. The summed E-state index contributed by atoms with van der Waals surface area (Å²) in [5.74, 6) is -0.704. The number of ether oxygens (including phenoxy) is 4. The molecule has 0 saturated heterocycles. The van der Waals surface area contributed by atoms with E-state index >= 15 is 0 Å². The fourth-order valence-electron chi connectivity index (χ4n) is 3.77.